The normalized spacial score (nSPS) is 16.8. The molecule has 28 heavy (non-hydrogen) atoms. The van der Waals surface area contributed by atoms with E-state index in [-0.39, 0.29) is 12.0 Å². The maximum Gasteiger partial charge on any atom is 0.257 e. The van der Waals surface area contributed by atoms with Crippen LogP contribution in [0.4, 0.5) is 5.69 Å². The summed E-state index contributed by atoms with van der Waals surface area (Å²) in [5.41, 5.74) is 3.96. The first-order valence-electron chi connectivity index (χ1n) is 10.1. The van der Waals surface area contributed by atoms with E-state index in [1.54, 1.807) is 0 Å². The van der Waals surface area contributed by atoms with Crippen molar-refractivity contribution in [3.05, 3.63) is 65.2 Å². The molecule has 0 unspecified atom stereocenters. The van der Waals surface area contributed by atoms with Crippen LogP contribution in [0.3, 0.4) is 0 Å². The molecule has 1 aliphatic heterocycles. The minimum absolute atomic E-state index is 0.124. The predicted octanol–water partition coefficient (Wildman–Crippen LogP) is 4.19. The molecule has 5 nitrogen and oxygen atoms in total. The number of hydrogen-bond acceptors (Lipinski definition) is 3. The highest BCUT2D eigenvalue weighted by Crippen LogP contribution is 2.16. The minimum atomic E-state index is -0.171. The highest BCUT2D eigenvalue weighted by Gasteiger charge is 2.16. The number of para-hydroxylation sites is 1. The van der Waals surface area contributed by atoms with Gasteiger partial charge in [-0.2, -0.15) is 0 Å². The largest absolute Gasteiger partial charge is 0.376 e. The number of benzene rings is 2. The number of rotatable bonds is 6. The van der Waals surface area contributed by atoms with Gasteiger partial charge in [-0.15, -0.1) is 0 Å². The lowest BCUT2D eigenvalue weighted by atomic mass is 10.1. The second-order valence-corrected chi connectivity index (χ2v) is 6.96. The van der Waals surface area contributed by atoms with E-state index in [9.17, 15) is 4.79 Å². The lowest BCUT2D eigenvalue weighted by Crippen LogP contribution is -2.37. The van der Waals surface area contributed by atoms with Crippen LogP contribution in [0.15, 0.2) is 53.5 Å². The quantitative estimate of drug-likeness (QED) is 0.584. The average molecular weight is 380 g/mol. The van der Waals surface area contributed by atoms with Crippen LogP contribution in [-0.2, 0) is 17.6 Å². The lowest BCUT2D eigenvalue weighted by Gasteiger charge is -2.15. The Hall–Kier alpha value is -2.66. The molecule has 5 heteroatoms. The summed E-state index contributed by atoms with van der Waals surface area (Å²) in [5, 5.41) is 6.25. The van der Waals surface area contributed by atoms with Crippen LogP contribution in [0, 0.1) is 0 Å². The highest BCUT2D eigenvalue weighted by molar-refractivity contribution is 6.10. The second-order valence-electron chi connectivity index (χ2n) is 6.96. The number of anilines is 1. The van der Waals surface area contributed by atoms with E-state index in [0.717, 1.165) is 38.0 Å². The van der Waals surface area contributed by atoms with Crippen molar-refractivity contribution < 1.29 is 9.53 Å². The maximum atomic E-state index is 12.7. The zero-order valence-corrected chi connectivity index (χ0v) is 16.7. The Morgan fingerprint density at radius 3 is 2.57 bits per heavy atom. The maximum absolute atomic E-state index is 12.7. The molecular formula is C23H29N3O2. The van der Waals surface area contributed by atoms with Crippen molar-refractivity contribution in [2.75, 3.05) is 18.5 Å². The molecule has 0 bridgehead atoms. The van der Waals surface area contributed by atoms with E-state index < -0.39 is 0 Å². The lowest BCUT2D eigenvalue weighted by molar-refractivity contribution is 0.0975. The molecule has 2 aromatic rings. The molecule has 148 valence electrons. The van der Waals surface area contributed by atoms with E-state index in [0.29, 0.717) is 18.1 Å². The van der Waals surface area contributed by atoms with Gasteiger partial charge in [-0.3, -0.25) is 10.1 Å². The van der Waals surface area contributed by atoms with Crippen molar-refractivity contribution >= 4 is 17.6 Å². The minimum Gasteiger partial charge on any atom is -0.376 e. The van der Waals surface area contributed by atoms with Gasteiger partial charge in [0.15, 0.2) is 0 Å². The topological polar surface area (TPSA) is 62.7 Å². The van der Waals surface area contributed by atoms with Crippen molar-refractivity contribution in [2.45, 2.75) is 45.6 Å². The number of nitrogens with one attached hydrogen (secondary N) is 2. The summed E-state index contributed by atoms with van der Waals surface area (Å²) < 4.78 is 5.67. The first-order chi connectivity index (χ1) is 13.7. The highest BCUT2D eigenvalue weighted by atomic mass is 16.5. The molecule has 0 aliphatic carbocycles. The fourth-order valence-electron chi connectivity index (χ4n) is 3.24. The van der Waals surface area contributed by atoms with Gasteiger partial charge in [0.25, 0.3) is 5.91 Å². The zero-order chi connectivity index (χ0) is 19.8. The fourth-order valence-corrected chi connectivity index (χ4v) is 3.24. The van der Waals surface area contributed by atoms with Gasteiger partial charge in [0.2, 0.25) is 5.96 Å². The van der Waals surface area contributed by atoms with E-state index in [1.165, 1.54) is 11.1 Å². The van der Waals surface area contributed by atoms with Crippen molar-refractivity contribution in [2.24, 2.45) is 4.99 Å². The summed E-state index contributed by atoms with van der Waals surface area (Å²) in [7, 11) is 0. The van der Waals surface area contributed by atoms with Gasteiger partial charge in [-0.1, -0.05) is 44.2 Å². The molecule has 2 N–H and O–H groups in total. The van der Waals surface area contributed by atoms with Crippen LogP contribution in [-0.4, -0.2) is 31.1 Å². The van der Waals surface area contributed by atoms with Crippen LogP contribution in [0.5, 0.6) is 0 Å². The third-order valence-electron chi connectivity index (χ3n) is 4.98. The standard InChI is InChI=1S/C23H29N3O2/c1-3-17-11-13-19(14-12-17)22(27)26-23(24-16-20-9-7-15-28-20)25-21-10-6-5-8-18(21)4-2/h5-6,8,10-14,20H,3-4,7,9,15-16H2,1-2H3,(H2,24,25,26,27)/t20-/m1/s1. The Morgan fingerprint density at radius 1 is 1.11 bits per heavy atom. The monoisotopic (exact) mass is 379 g/mol. The number of guanidine groups is 1. The van der Waals surface area contributed by atoms with E-state index in [2.05, 4.69) is 35.5 Å². The number of carbonyl (C=O) groups is 1. The third kappa shape index (κ3) is 5.42. The number of ether oxygens (including phenoxy) is 1. The van der Waals surface area contributed by atoms with Gasteiger partial charge in [0.05, 0.1) is 12.6 Å². The summed E-state index contributed by atoms with van der Waals surface area (Å²) in [6.07, 6.45) is 4.05. The number of carbonyl (C=O) groups excluding carboxylic acids is 1. The molecule has 1 fully saturated rings. The second kappa shape index (κ2) is 10.0. The summed E-state index contributed by atoms with van der Waals surface area (Å²) in [6, 6.07) is 15.7. The van der Waals surface area contributed by atoms with Crippen LogP contribution < -0.4 is 10.6 Å². The summed E-state index contributed by atoms with van der Waals surface area (Å²) in [4.78, 5) is 17.4. The number of nitrogens with zero attached hydrogens (tertiary/aromatic N) is 1. The number of hydrogen-bond donors (Lipinski definition) is 2. The molecule has 1 amide bonds. The molecule has 0 spiro atoms. The van der Waals surface area contributed by atoms with E-state index in [1.807, 2.05) is 42.5 Å². The van der Waals surface area contributed by atoms with Gasteiger partial charge in [0, 0.05) is 17.9 Å². The van der Waals surface area contributed by atoms with Crippen molar-refractivity contribution in [1.82, 2.24) is 5.32 Å². The first kappa shape index (κ1) is 20.1. The van der Waals surface area contributed by atoms with Crippen molar-refractivity contribution in [3.63, 3.8) is 0 Å². The smallest absolute Gasteiger partial charge is 0.257 e. The molecule has 1 aliphatic rings. The fraction of sp³-hybridized carbons (Fsp3) is 0.391. The molecule has 1 atom stereocenters. The molecule has 0 radical (unpaired) electrons. The van der Waals surface area contributed by atoms with Gasteiger partial charge >= 0.3 is 0 Å². The zero-order valence-electron chi connectivity index (χ0n) is 16.7. The first-order valence-corrected chi connectivity index (χ1v) is 10.1. The Morgan fingerprint density at radius 2 is 1.89 bits per heavy atom. The third-order valence-corrected chi connectivity index (χ3v) is 4.98. The molecule has 0 aromatic heterocycles. The summed E-state index contributed by atoms with van der Waals surface area (Å²) in [5.74, 6) is 0.288. The van der Waals surface area contributed by atoms with Crippen LogP contribution >= 0.6 is 0 Å². The number of amides is 1. The van der Waals surface area contributed by atoms with Crippen LogP contribution in [0.1, 0.15) is 48.2 Å². The Balaban J connectivity index is 1.76. The van der Waals surface area contributed by atoms with Gasteiger partial charge in [-0.25, -0.2) is 4.99 Å². The van der Waals surface area contributed by atoms with Crippen LogP contribution in [0.2, 0.25) is 0 Å². The van der Waals surface area contributed by atoms with Crippen LogP contribution in [0.25, 0.3) is 0 Å². The molecule has 1 heterocycles. The van der Waals surface area contributed by atoms with E-state index in [4.69, 9.17) is 4.74 Å². The predicted molar refractivity (Wildman–Crippen MR) is 114 cm³/mol. The number of aliphatic imine (C=N–C) groups is 1. The van der Waals surface area contributed by atoms with Gasteiger partial charge in [0.1, 0.15) is 0 Å². The van der Waals surface area contributed by atoms with Gasteiger partial charge < -0.3 is 10.1 Å². The summed E-state index contributed by atoms with van der Waals surface area (Å²) in [6.45, 7) is 5.53. The molecule has 0 saturated carbocycles. The average Bonchev–Trinajstić information content (AvgIpc) is 3.26. The molecular weight excluding hydrogens is 350 g/mol. The Kier molecular flexibility index (Phi) is 7.20. The van der Waals surface area contributed by atoms with E-state index >= 15 is 0 Å². The number of aryl methyl sites for hydroxylation is 2. The summed E-state index contributed by atoms with van der Waals surface area (Å²) >= 11 is 0. The van der Waals surface area contributed by atoms with Crippen molar-refractivity contribution in [3.8, 4) is 0 Å². The van der Waals surface area contributed by atoms with Gasteiger partial charge in [-0.05, 0) is 55.0 Å². The Labute approximate surface area is 167 Å². The molecule has 3 rings (SSSR count). The molecule has 2 aromatic carbocycles. The molecule has 1 saturated heterocycles. The van der Waals surface area contributed by atoms with Crippen molar-refractivity contribution in [1.29, 1.82) is 0 Å². The Bertz CT molecular complexity index is 809. The SMILES string of the molecule is CCc1ccc(C(=O)NC(=NC[C@H]2CCCO2)Nc2ccccc2CC)cc1.